The monoisotopic (exact) mass is 595 g/mol. The number of rotatable bonds is 3. The van der Waals surface area contributed by atoms with Crippen molar-refractivity contribution in [2.45, 2.75) is 0 Å². The molecule has 0 aliphatic rings. The van der Waals surface area contributed by atoms with Crippen molar-refractivity contribution < 1.29 is 0 Å². The third-order valence-electron chi connectivity index (χ3n) is 9.91. The Balaban J connectivity index is 1.39. The minimum Gasteiger partial charge on any atom is -0.309 e. The molecule has 0 bridgehead atoms. The summed E-state index contributed by atoms with van der Waals surface area (Å²) in [6.07, 6.45) is 0. The Hall–Kier alpha value is -6.18. The summed E-state index contributed by atoms with van der Waals surface area (Å²) >= 11 is 0. The van der Waals surface area contributed by atoms with Gasteiger partial charge in [-0.2, -0.15) is 0 Å². The molecular formula is C46H29N. The van der Waals surface area contributed by atoms with Crippen LogP contribution >= 0.6 is 0 Å². The molecule has 0 saturated heterocycles. The highest BCUT2D eigenvalue weighted by molar-refractivity contribution is 6.27. The molecule has 10 aromatic rings. The van der Waals surface area contributed by atoms with E-state index in [1.807, 2.05) is 0 Å². The van der Waals surface area contributed by atoms with Gasteiger partial charge in [0.1, 0.15) is 0 Å². The van der Waals surface area contributed by atoms with Crippen LogP contribution in [0, 0.1) is 0 Å². The number of hydrogen-bond donors (Lipinski definition) is 0. The van der Waals surface area contributed by atoms with Crippen molar-refractivity contribution in [3.63, 3.8) is 0 Å². The van der Waals surface area contributed by atoms with Crippen LogP contribution < -0.4 is 0 Å². The molecule has 0 aliphatic carbocycles. The summed E-state index contributed by atoms with van der Waals surface area (Å²) in [4.78, 5) is 0. The fourth-order valence-corrected chi connectivity index (χ4v) is 7.89. The lowest BCUT2D eigenvalue weighted by Crippen LogP contribution is -1.94. The molecule has 0 atom stereocenters. The Labute approximate surface area is 272 Å². The van der Waals surface area contributed by atoms with Gasteiger partial charge in [0.05, 0.1) is 11.0 Å². The summed E-state index contributed by atoms with van der Waals surface area (Å²) in [5.41, 5.74) is 8.67. The fourth-order valence-electron chi connectivity index (χ4n) is 7.89. The first-order valence-corrected chi connectivity index (χ1v) is 16.3. The van der Waals surface area contributed by atoms with Crippen molar-refractivity contribution in [3.05, 3.63) is 176 Å². The average Bonchev–Trinajstić information content (AvgIpc) is 3.46. The Bertz CT molecular complexity index is 2780. The van der Waals surface area contributed by atoms with E-state index in [1.165, 1.54) is 92.8 Å². The zero-order valence-electron chi connectivity index (χ0n) is 25.7. The van der Waals surface area contributed by atoms with E-state index in [2.05, 4.69) is 180 Å². The van der Waals surface area contributed by atoms with Gasteiger partial charge in [0, 0.05) is 16.5 Å². The van der Waals surface area contributed by atoms with Crippen molar-refractivity contribution in [2.75, 3.05) is 0 Å². The van der Waals surface area contributed by atoms with E-state index in [0.29, 0.717) is 0 Å². The fraction of sp³-hybridized carbons (Fsp3) is 0. The molecule has 0 aliphatic heterocycles. The van der Waals surface area contributed by atoms with E-state index in [1.54, 1.807) is 0 Å². The minimum atomic E-state index is 1.17. The first-order chi connectivity index (χ1) is 23.3. The zero-order valence-corrected chi connectivity index (χ0v) is 25.7. The minimum absolute atomic E-state index is 1.17. The maximum atomic E-state index is 2.47. The predicted octanol–water partition coefficient (Wildman–Crippen LogP) is 12.7. The van der Waals surface area contributed by atoms with E-state index in [-0.39, 0.29) is 0 Å². The van der Waals surface area contributed by atoms with Crippen molar-refractivity contribution in [1.29, 1.82) is 0 Å². The summed E-state index contributed by atoms with van der Waals surface area (Å²) < 4.78 is 2.47. The lowest BCUT2D eigenvalue weighted by molar-refractivity contribution is 1.19. The summed E-state index contributed by atoms with van der Waals surface area (Å²) in [5.74, 6) is 0. The summed E-state index contributed by atoms with van der Waals surface area (Å²) in [7, 11) is 0. The maximum Gasteiger partial charge on any atom is 0.0547 e. The number of aromatic nitrogens is 1. The molecule has 0 amide bonds. The van der Waals surface area contributed by atoms with Crippen LogP contribution in [0.1, 0.15) is 0 Å². The molecule has 1 heteroatoms. The predicted molar refractivity (Wildman–Crippen MR) is 202 cm³/mol. The zero-order chi connectivity index (χ0) is 30.9. The van der Waals surface area contributed by atoms with Crippen LogP contribution in [-0.2, 0) is 0 Å². The highest BCUT2D eigenvalue weighted by Crippen LogP contribution is 2.47. The molecule has 218 valence electrons. The highest BCUT2D eigenvalue weighted by atomic mass is 15.0. The number of benzene rings is 9. The molecule has 10 rings (SSSR count). The molecule has 0 saturated carbocycles. The molecule has 0 spiro atoms. The number of nitrogens with zero attached hydrogens (tertiary/aromatic N) is 1. The van der Waals surface area contributed by atoms with Gasteiger partial charge >= 0.3 is 0 Å². The quantitative estimate of drug-likeness (QED) is 0.179. The van der Waals surface area contributed by atoms with E-state index >= 15 is 0 Å². The van der Waals surface area contributed by atoms with Gasteiger partial charge in [0.2, 0.25) is 0 Å². The Morgan fingerprint density at radius 3 is 1.55 bits per heavy atom. The molecule has 0 fully saturated rings. The third-order valence-corrected chi connectivity index (χ3v) is 9.91. The van der Waals surface area contributed by atoms with Crippen LogP contribution in [0.2, 0.25) is 0 Å². The average molecular weight is 596 g/mol. The van der Waals surface area contributed by atoms with E-state index in [0.717, 1.165) is 0 Å². The van der Waals surface area contributed by atoms with Gasteiger partial charge in [0.15, 0.2) is 0 Å². The third kappa shape index (κ3) is 3.90. The van der Waals surface area contributed by atoms with Gasteiger partial charge in [-0.15, -0.1) is 0 Å². The molecule has 0 unspecified atom stereocenters. The second kappa shape index (κ2) is 10.2. The van der Waals surface area contributed by atoms with Crippen LogP contribution in [0.4, 0.5) is 0 Å². The Kier molecular flexibility index (Phi) is 5.64. The normalized spacial score (nSPS) is 11.8. The van der Waals surface area contributed by atoms with Gasteiger partial charge in [-0.3, -0.25) is 0 Å². The highest BCUT2D eigenvalue weighted by Gasteiger charge is 2.21. The van der Waals surface area contributed by atoms with E-state index < -0.39 is 0 Å². The van der Waals surface area contributed by atoms with Gasteiger partial charge < -0.3 is 4.57 Å². The number of fused-ring (bicyclic) bond motifs is 7. The Morgan fingerprint density at radius 1 is 0.319 bits per heavy atom. The largest absolute Gasteiger partial charge is 0.309 e. The molecule has 0 N–H and O–H groups in total. The van der Waals surface area contributed by atoms with Crippen molar-refractivity contribution in [2.24, 2.45) is 0 Å². The molecule has 9 aromatic carbocycles. The smallest absolute Gasteiger partial charge is 0.0547 e. The van der Waals surface area contributed by atoms with Crippen LogP contribution in [0.3, 0.4) is 0 Å². The van der Waals surface area contributed by atoms with Gasteiger partial charge in [-0.25, -0.2) is 0 Å². The van der Waals surface area contributed by atoms with Gasteiger partial charge in [0.25, 0.3) is 0 Å². The lowest BCUT2D eigenvalue weighted by atomic mass is 9.85. The summed E-state index contributed by atoms with van der Waals surface area (Å²) in [6, 6.07) is 64.6. The summed E-state index contributed by atoms with van der Waals surface area (Å²) in [5, 5.41) is 12.6. The molecule has 1 heterocycles. The Morgan fingerprint density at radius 2 is 0.872 bits per heavy atom. The van der Waals surface area contributed by atoms with E-state index in [9.17, 15) is 0 Å². The molecule has 1 aromatic heterocycles. The van der Waals surface area contributed by atoms with Crippen molar-refractivity contribution in [3.8, 4) is 27.9 Å². The lowest BCUT2D eigenvalue weighted by Gasteiger charge is -2.18. The van der Waals surface area contributed by atoms with Crippen LogP contribution in [0.15, 0.2) is 176 Å². The van der Waals surface area contributed by atoms with E-state index in [4.69, 9.17) is 0 Å². The molecule has 1 nitrogen and oxygen atoms in total. The first kappa shape index (κ1) is 26.1. The molecular weight excluding hydrogens is 567 g/mol. The van der Waals surface area contributed by atoms with Crippen LogP contribution in [0.5, 0.6) is 0 Å². The maximum absolute atomic E-state index is 2.47. The first-order valence-electron chi connectivity index (χ1n) is 16.3. The summed E-state index contributed by atoms with van der Waals surface area (Å²) in [6.45, 7) is 0. The molecule has 0 radical (unpaired) electrons. The number of hydrogen-bond acceptors (Lipinski definition) is 0. The van der Waals surface area contributed by atoms with Gasteiger partial charge in [-0.1, -0.05) is 146 Å². The topological polar surface area (TPSA) is 4.93 Å². The van der Waals surface area contributed by atoms with Crippen LogP contribution in [-0.4, -0.2) is 4.57 Å². The van der Waals surface area contributed by atoms with Crippen LogP contribution in [0.25, 0.3) is 92.8 Å². The molecule has 47 heavy (non-hydrogen) atoms. The van der Waals surface area contributed by atoms with Gasteiger partial charge in [-0.05, 0) is 95.7 Å². The second-order valence-corrected chi connectivity index (χ2v) is 12.5. The second-order valence-electron chi connectivity index (χ2n) is 12.5. The van der Waals surface area contributed by atoms with Crippen molar-refractivity contribution >= 4 is 64.9 Å². The van der Waals surface area contributed by atoms with Crippen molar-refractivity contribution in [1.82, 2.24) is 4.57 Å². The SMILES string of the molecule is c1ccc(-c2c3ccccc3c(-c3cccc4c3c3cc5ccccc5cc3n4-c3ccc4ccccc4c3)c3ccccc23)cc1. The standard InChI is InChI=1S/C46H29N/c1-2-14-31(15-3-1)44-36-19-8-10-21-38(36)45(39-22-11-9-20-37(39)44)40-23-12-24-42-46(40)41-28-33-17-6-7-18-34(33)29-43(41)47(42)35-26-25-30-13-4-5-16-32(30)27-35/h1-29H.